The van der Waals surface area contributed by atoms with Gasteiger partial charge < -0.3 is 5.32 Å². The third kappa shape index (κ3) is 5.49. The van der Waals surface area contributed by atoms with Gasteiger partial charge in [0.1, 0.15) is 0 Å². The van der Waals surface area contributed by atoms with Crippen LogP contribution in [0.1, 0.15) is 55.2 Å². The Kier molecular flexibility index (Phi) is 7.32. The number of hydrogen-bond donors (Lipinski definition) is 2. The Hall–Kier alpha value is -2.18. The maximum atomic E-state index is 12.6. The summed E-state index contributed by atoms with van der Waals surface area (Å²) in [6.07, 6.45) is 6.86. The number of rotatable bonds is 8. The molecule has 0 unspecified atom stereocenters. The van der Waals surface area contributed by atoms with Crippen molar-refractivity contribution in [3.8, 4) is 0 Å². The minimum atomic E-state index is -3.43. The second kappa shape index (κ2) is 9.75. The van der Waals surface area contributed by atoms with Crippen molar-refractivity contribution in [2.75, 3.05) is 13.6 Å². The molecule has 0 atom stereocenters. The Morgan fingerprint density at radius 1 is 1.03 bits per heavy atom. The maximum Gasteiger partial charge on any atom is 0.240 e. The van der Waals surface area contributed by atoms with Crippen LogP contribution in [0.2, 0.25) is 0 Å². The van der Waals surface area contributed by atoms with Crippen LogP contribution in [0, 0.1) is 6.92 Å². The van der Waals surface area contributed by atoms with Crippen molar-refractivity contribution in [3.05, 3.63) is 65.2 Å². The minimum Gasteiger partial charge on any atom is -0.355 e. The van der Waals surface area contributed by atoms with Gasteiger partial charge in [-0.05, 0) is 56.5 Å². The van der Waals surface area contributed by atoms with E-state index in [9.17, 15) is 13.2 Å². The first-order chi connectivity index (χ1) is 14.3. The zero-order valence-corrected chi connectivity index (χ0v) is 18.7. The average molecular weight is 429 g/mol. The normalized spacial score (nSPS) is 16.2. The fourth-order valence-electron chi connectivity index (χ4n) is 4.34. The molecule has 5 nitrogen and oxygen atoms in total. The fourth-order valence-corrected chi connectivity index (χ4v) is 5.07. The molecule has 0 bridgehead atoms. The van der Waals surface area contributed by atoms with Crippen LogP contribution in [0.5, 0.6) is 0 Å². The van der Waals surface area contributed by atoms with E-state index in [1.165, 1.54) is 37.4 Å². The number of aryl methyl sites for hydroxylation is 2. The summed E-state index contributed by atoms with van der Waals surface area (Å²) in [6, 6.07) is 15.4. The van der Waals surface area contributed by atoms with Gasteiger partial charge in [-0.25, -0.2) is 13.1 Å². The van der Waals surface area contributed by atoms with E-state index in [0.717, 1.165) is 18.4 Å². The summed E-state index contributed by atoms with van der Waals surface area (Å²) in [5.41, 5.74) is 3.57. The van der Waals surface area contributed by atoms with Crippen molar-refractivity contribution in [1.29, 1.82) is 0 Å². The predicted molar refractivity (Wildman–Crippen MR) is 120 cm³/mol. The van der Waals surface area contributed by atoms with Crippen molar-refractivity contribution in [1.82, 2.24) is 10.0 Å². The molecular formula is C24H32N2O3S. The Bertz CT molecular complexity index is 962. The monoisotopic (exact) mass is 428 g/mol. The van der Waals surface area contributed by atoms with E-state index in [2.05, 4.69) is 41.2 Å². The molecule has 0 heterocycles. The van der Waals surface area contributed by atoms with Crippen LogP contribution in [0.3, 0.4) is 0 Å². The third-order valence-corrected chi connectivity index (χ3v) is 7.64. The van der Waals surface area contributed by atoms with Crippen LogP contribution in [0.4, 0.5) is 0 Å². The van der Waals surface area contributed by atoms with E-state index in [4.69, 9.17) is 0 Å². The summed E-state index contributed by atoms with van der Waals surface area (Å²) < 4.78 is 25.9. The predicted octanol–water partition coefficient (Wildman–Crippen LogP) is 3.85. The molecule has 1 fully saturated rings. The van der Waals surface area contributed by atoms with Crippen LogP contribution >= 0.6 is 0 Å². The number of hydrogen-bond acceptors (Lipinski definition) is 3. The molecule has 0 spiro atoms. The average Bonchev–Trinajstić information content (AvgIpc) is 2.77. The highest BCUT2D eigenvalue weighted by Gasteiger charge is 2.34. The molecule has 0 saturated heterocycles. The van der Waals surface area contributed by atoms with E-state index in [1.807, 2.05) is 0 Å². The number of amides is 1. The highest BCUT2D eigenvalue weighted by molar-refractivity contribution is 7.89. The van der Waals surface area contributed by atoms with Gasteiger partial charge in [0, 0.05) is 18.4 Å². The van der Waals surface area contributed by atoms with E-state index in [0.29, 0.717) is 19.4 Å². The van der Waals surface area contributed by atoms with Gasteiger partial charge in [0.25, 0.3) is 0 Å². The lowest BCUT2D eigenvalue weighted by molar-refractivity contribution is -0.121. The molecule has 3 rings (SSSR count). The van der Waals surface area contributed by atoms with Gasteiger partial charge in [0.2, 0.25) is 15.9 Å². The number of nitrogens with one attached hydrogen (secondary N) is 2. The summed E-state index contributed by atoms with van der Waals surface area (Å²) in [6.45, 7) is 2.79. The highest BCUT2D eigenvalue weighted by Crippen LogP contribution is 2.39. The van der Waals surface area contributed by atoms with Gasteiger partial charge in [-0.3, -0.25) is 4.79 Å². The number of carbonyl (C=O) groups is 1. The molecule has 30 heavy (non-hydrogen) atoms. The van der Waals surface area contributed by atoms with Crippen molar-refractivity contribution in [2.45, 2.75) is 62.2 Å². The lowest BCUT2D eigenvalue weighted by Crippen LogP contribution is -2.42. The van der Waals surface area contributed by atoms with Gasteiger partial charge >= 0.3 is 0 Å². The topological polar surface area (TPSA) is 75.3 Å². The number of carbonyl (C=O) groups excluding carboxylic acids is 1. The molecular weight excluding hydrogens is 396 g/mol. The Morgan fingerprint density at radius 2 is 1.73 bits per heavy atom. The van der Waals surface area contributed by atoms with Crippen molar-refractivity contribution < 1.29 is 13.2 Å². The van der Waals surface area contributed by atoms with Crippen molar-refractivity contribution >= 4 is 15.9 Å². The zero-order valence-electron chi connectivity index (χ0n) is 17.9. The maximum absolute atomic E-state index is 12.6. The second-order valence-electron chi connectivity index (χ2n) is 8.34. The first-order valence-electron chi connectivity index (χ1n) is 10.7. The van der Waals surface area contributed by atoms with E-state index in [-0.39, 0.29) is 16.2 Å². The molecule has 1 saturated carbocycles. The van der Waals surface area contributed by atoms with Gasteiger partial charge in [-0.1, -0.05) is 61.2 Å². The largest absolute Gasteiger partial charge is 0.355 e. The molecule has 1 aliphatic rings. The summed E-state index contributed by atoms with van der Waals surface area (Å²) in [5.74, 6) is 0.0412. The SMILES string of the molecule is CNS(=O)(=O)c1ccc(CCC(=O)NCC2(c3cccc(C)c3)CCCCC2)cc1. The molecule has 0 radical (unpaired) electrons. The molecule has 2 aromatic carbocycles. The Morgan fingerprint density at radius 3 is 2.37 bits per heavy atom. The zero-order chi connectivity index (χ0) is 21.6. The lowest BCUT2D eigenvalue weighted by Gasteiger charge is -2.38. The molecule has 0 aliphatic heterocycles. The summed E-state index contributed by atoms with van der Waals surface area (Å²) >= 11 is 0. The van der Waals surface area contributed by atoms with Gasteiger partial charge in [-0.2, -0.15) is 0 Å². The summed E-state index contributed by atoms with van der Waals surface area (Å²) in [7, 11) is -2.04. The molecule has 2 aromatic rings. The molecule has 0 aromatic heterocycles. The van der Waals surface area contributed by atoms with Gasteiger partial charge in [0.05, 0.1) is 4.90 Å². The molecule has 6 heteroatoms. The minimum absolute atomic E-state index is 0.0308. The van der Waals surface area contributed by atoms with E-state index < -0.39 is 10.0 Å². The fraction of sp³-hybridized carbons (Fsp3) is 0.458. The molecule has 1 amide bonds. The van der Waals surface area contributed by atoms with E-state index >= 15 is 0 Å². The number of sulfonamides is 1. The Balaban J connectivity index is 1.58. The standard InChI is InChI=1S/C24H32N2O3S/c1-19-7-6-8-21(17-19)24(15-4-3-5-16-24)18-26-23(27)14-11-20-9-12-22(13-10-20)30(28,29)25-2/h6-10,12-13,17,25H,3-5,11,14-16,18H2,1-2H3,(H,26,27). The second-order valence-corrected chi connectivity index (χ2v) is 10.2. The van der Waals surface area contributed by atoms with Crippen LogP contribution in [0.15, 0.2) is 53.4 Å². The smallest absolute Gasteiger partial charge is 0.240 e. The van der Waals surface area contributed by atoms with Crippen LogP contribution in [-0.4, -0.2) is 27.9 Å². The third-order valence-electron chi connectivity index (χ3n) is 6.21. The first-order valence-corrected chi connectivity index (χ1v) is 12.2. The first kappa shape index (κ1) is 22.5. The van der Waals surface area contributed by atoms with Crippen LogP contribution < -0.4 is 10.0 Å². The van der Waals surface area contributed by atoms with E-state index in [1.54, 1.807) is 24.3 Å². The van der Waals surface area contributed by atoms with Crippen molar-refractivity contribution in [3.63, 3.8) is 0 Å². The van der Waals surface area contributed by atoms with Crippen LogP contribution in [0.25, 0.3) is 0 Å². The summed E-state index contributed by atoms with van der Waals surface area (Å²) in [5, 5.41) is 3.18. The van der Waals surface area contributed by atoms with Gasteiger partial charge in [-0.15, -0.1) is 0 Å². The van der Waals surface area contributed by atoms with Crippen LogP contribution in [-0.2, 0) is 26.7 Å². The molecule has 2 N–H and O–H groups in total. The molecule has 1 aliphatic carbocycles. The Labute approximate surface area is 180 Å². The van der Waals surface area contributed by atoms with Crippen molar-refractivity contribution in [2.24, 2.45) is 0 Å². The summed E-state index contributed by atoms with van der Waals surface area (Å²) in [4.78, 5) is 12.8. The highest BCUT2D eigenvalue weighted by atomic mass is 32.2. The number of benzene rings is 2. The van der Waals surface area contributed by atoms with Gasteiger partial charge in [0.15, 0.2) is 0 Å². The molecule has 162 valence electrons. The lowest BCUT2D eigenvalue weighted by atomic mass is 9.69. The quantitative estimate of drug-likeness (QED) is 0.670.